The highest BCUT2D eigenvalue weighted by Gasteiger charge is 2.18. The van der Waals surface area contributed by atoms with Crippen molar-refractivity contribution < 1.29 is 17.2 Å². The van der Waals surface area contributed by atoms with Gasteiger partial charge in [-0.2, -0.15) is 0 Å². The monoisotopic (exact) mass is 292 g/mol. The van der Waals surface area contributed by atoms with E-state index < -0.39 is 27.3 Å². The molecule has 0 atom stereocenters. The summed E-state index contributed by atoms with van der Waals surface area (Å²) in [5.74, 6) is -2.07. The molecule has 0 amide bonds. The Morgan fingerprint density at radius 2 is 1.89 bits per heavy atom. The molecule has 0 fully saturated rings. The minimum absolute atomic E-state index is 0.141. The molecule has 4 nitrogen and oxygen atoms in total. The van der Waals surface area contributed by atoms with Gasteiger partial charge in [0.25, 0.3) is 0 Å². The molecule has 2 N–H and O–H groups in total. The summed E-state index contributed by atoms with van der Waals surface area (Å²) in [4.78, 5) is 0. The van der Waals surface area contributed by atoms with Crippen molar-refractivity contribution in [1.29, 1.82) is 0 Å². The first-order chi connectivity index (χ1) is 8.73. The Hall–Kier alpha value is -1.21. The maximum Gasteiger partial charge on any atom is 0.234 e. The minimum atomic E-state index is -3.78. The van der Waals surface area contributed by atoms with Gasteiger partial charge < -0.3 is 5.32 Å². The summed E-state index contributed by atoms with van der Waals surface area (Å²) < 4.78 is 52.5. The minimum Gasteiger partial charge on any atom is -0.313 e. The summed E-state index contributed by atoms with van der Waals surface area (Å²) in [7, 11) is -3.78. The molecule has 0 unspecified atom stereocenters. The molecule has 1 aromatic rings. The van der Waals surface area contributed by atoms with E-state index in [1.807, 2.05) is 18.6 Å². The van der Waals surface area contributed by atoms with Crippen LogP contribution < -0.4 is 10.0 Å². The van der Waals surface area contributed by atoms with E-state index in [-0.39, 0.29) is 23.9 Å². The van der Waals surface area contributed by atoms with Crippen molar-refractivity contribution >= 4 is 15.7 Å². The van der Waals surface area contributed by atoms with Gasteiger partial charge in [0.1, 0.15) is 11.5 Å². The third-order valence-corrected chi connectivity index (χ3v) is 3.72. The molecule has 0 heterocycles. The zero-order valence-corrected chi connectivity index (χ0v) is 11.9. The van der Waals surface area contributed by atoms with Crippen LogP contribution in [0.5, 0.6) is 0 Å². The van der Waals surface area contributed by atoms with Crippen LogP contribution in [0.15, 0.2) is 12.1 Å². The van der Waals surface area contributed by atoms with Gasteiger partial charge in [-0.3, -0.25) is 4.72 Å². The highest BCUT2D eigenvalue weighted by Crippen LogP contribution is 2.22. The number of halogens is 2. The lowest BCUT2D eigenvalue weighted by Gasteiger charge is -2.12. The van der Waals surface area contributed by atoms with Crippen molar-refractivity contribution in [2.45, 2.75) is 26.8 Å². The first-order valence-corrected chi connectivity index (χ1v) is 7.56. The van der Waals surface area contributed by atoms with Gasteiger partial charge in [0.2, 0.25) is 10.0 Å². The Kier molecular flexibility index (Phi) is 5.25. The van der Waals surface area contributed by atoms with Gasteiger partial charge in [-0.05, 0) is 18.6 Å². The maximum absolute atomic E-state index is 13.7. The molecule has 0 aliphatic heterocycles. The molecular formula is C12H18F2N2O2S. The fourth-order valence-electron chi connectivity index (χ4n) is 1.44. The lowest BCUT2D eigenvalue weighted by molar-refractivity contribution is 0.572. The van der Waals surface area contributed by atoms with E-state index in [9.17, 15) is 17.2 Å². The van der Waals surface area contributed by atoms with Crippen LogP contribution in [0.3, 0.4) is 0 Å². The van der Waals surface area contributed by atoms with Gasteiger partial charge >= 0.3 is 0 Å². The van der Waals surface area contributed by atoms with Crippen LogP contribution in [0.2, 0.25) is 0 Å². The van der Waals surface area contributed by atoms with Crippen LogP contribution in [0.1, 0.15) is 19.4 Å². The molecule has 1 rings (SSSR count). The van der Waals surface area contributed by atoms with E-state index in [4.69, 9.17) is 0 Å². The fourth-order valence-corrected chi connectivity index (χ4v) is 2.43. The van der Waals surface area contributed by atoms with E-state index in [2.05, 4.69) is 5.32 Å². The number of benzene rings is 1. The molecule has 0 saturated carbocycles. The molecular weight excluding hydrogens is 274 g/mol. The number of nitrogens with one attached hydrogen (secondary N) is 2. The highest BCUT2D eigenvalue weighted by molar-refractivity contribution is 7.92. The summed E-state index contributed by atoms with van der Waals surface area (Å²) in [6.45, 7) is 5.40. The van der Waals surface area contributed by atoms with Crippen LogP contribution >= 0.6 is 0 Å². The zero-order valence-electron chi connectivity index (χ0n) is 11.1. The molecule has 0 radical (unpaired) electrons. The summed E-state index contributed by atoms with van der Waals surface area (Å²) in [6, 6.07) is 2.42. The smallest absolute Gasteiger partial charge is 0.234 e. The number of rotatable bonds is 6. The number of hydrogen-bond donors (Lipinski definition) is 2. The predicted molar refractivity (Wildman–Crippen MR) is 71.6 cm³/mol. The fraction of sp³-hybridized carbons (Fsp3) is 0.500. The second kappa shape index (κ2) is 6.29. The summed E-state index contributed by atoms with van der Waals surface area (Å²) in [6.07, 6.45) is 0. The second-order valence-corrected chi connectivity index (χ2v) is 6.42. The Balaban J connectivity index is 2.81. The number of sulfonamides is 1. The van der Waals surface area contributed by atoms with Gasteiger partial charge in [-0.25, -0.2) is 17.2 Å². The molecule has 0 spiro atoms. The van der Waals surface area contributed by atoms with Crippen LogP contribution in [-0.4, -0.2) is 26.8 Å². The quantitative estimate of drug-likeness (QED) is 0.843. The number of hydrogen-bond acceptors (Lipinski definition) is 3. The number of aryl methyl sites for hydroxylation is 1. The van der Waals surface area contributed by atoms with Crippen molar-refractivity contribution in [1.82, 2.24) is 5.32 Å². The molecule has 7 heteroatoms. The van der Waals surface area contributed by atoms with Crippen molar-refractivity contribution in [3.05, 3.63) is 29.3 Å². The average molecular weight is 292 g/mol. The van der Waals surface area contributed by atoms with Crippen molar-refractivity contribution in [3.63, 3.8) is 0 Å². The third kappa shape index (κ3) is 4.76. The Labute approximate surface area is 112 Å². The molecule has 0 bridgehead atoms. The molecule has 0 aliphatic rings. The molecule has 0 aromatic heterocycles. The normalized spacial score (nSPS) is 11.9. The molecule has 0 saturated heterocycles. The average Bonchev–Trinajstić information content (AvgIpc) is 2.29. The maximum atomic E-state index is 13.7. The number of anilines is 1. The lowest BCUT2D eigenvalue weighted by Crippen LogP contribution is -2.31. The van der Waals surface area contributed by atoms with Gasteiger partial charge in [0.15, 0.2) is 5.82 Å². The topological polar surface area (TPSA) is 58.2 Å². The third-order valence-electron chi connectivity index (χ3n) is 2.47. The lowest BCUT2D eigenvalue weighted by atomic mass is 10.2. The summed E-state index contributed by atoms with van der Waals surface area (Å²) >= 11 is 0. The first kappa shape index (κ1) is 15.8. The van der Waals surface area contributed by atoms with E-state index in [0.717, 1.165) is 6.07 Å². The SMILES string of the molecule is Cc1ccc(F)c(NS(=O)(=O)CCNC(C)C)c1F. The largest absolute Gasteiger partial charge is 0.313 e. The van der Waals surface area contributed by atoms with Crippen LogP contribution in [0, 0.1) is 18.6 Å². The van der Waals surface area contributed by atoms with Crippen LogP contribution in [0.4, 0.5) is 14.5 Å². The Bertz CT molecular complexity index is 545. The summed E-state index contributed by atoms with van der Waals surface area (Å²) in [5, 5.41) is 2.92. The van der Waals surface area contributed by atoms with E-state index in [0.29, 0.717) is 0 Å². The Morgan fingerprint density at radius 1 is 1.26 bits per heavy atom. The zero-order chi connectivity index (χ0) is 14.6. The highest BCUT2D eigenvalue weighted by atomic mass is 32.2. The summed E-state index contributed by atoms with van der Waals surface area (Å²) in [5.41, 5.74) is -0.441. The molecule has 19 heavy (non-hydrogen) atoms. The van der Waals surface area contributed by atoms with Crippen molar-refractivity contribution in [2.24, 2.45) is 0 Å². The Morgan fingerprint density at radius 3 is 2.47 bits per heavy atom. The molecule has 108 valence electrons. The molecule has 1 aromatic carbocycles. The van der Waals surface area contributed by atoms with Crippen molar-refractivity contribution in [2.75, 3.05) is 17.0 Å². The molecule has 0 aliphatic carbocycles. The second-order valence-electron chi connectivity index (χ2n) is 4.58. The van der Waals surface area contributed by atoms with E-state index in [1.165, 1.54) is 13.0 Å². The van der Waals surface area contributed by atoms with E-state index in [1.54, 1.807) is 0 Å². The van der Waals surface area contributed by atoms with Gasteiger partial charge in [-0.15, -0.1) is 0 Å². The first-order valence-electron chi connectivity index (χ1n) is 5.91. The van der Waals surface area contributed by atoms with Gasteiger partial charge in [0.05, 0.1) is 5.75 Å². The predicted octanol–water partition coefficient (Wildman–Crippen LogP) is 2.01. The standard InChI is InChI=1S/C12H18F2N2O2S/c1-8(2)15-6-7-19(17,18)16-12-10(13)5-4-9(3)11(12)14/h4-5,8,15-16H,6-7H2,1-3H3. The van der Waals surface area contributed by atoms with E-state index >= 15 is 0 Å². The van der Waals surface area contributed by atoms with Crippen LogP contribution in [0.25, 0.3) is 0 Å². The van der Waals surface area contributed by atoms with Crippen molar-refractivity contribution in [3.8, 4) is 0 Å². The van der Waals surface area contributed by atoms with Gasteiger partial charge in [-0.1, -0.05) is 19.9 Å². The van der Waals surface area contributed by atoms with Gasteiger partial charge in [0, 0.05) is 12.6 Å². The van der Waals surface area contributed by atoms with Crippen LogP contribution in [-0.2, 0) is 10.0 Å².